The molecule has 0 unspecified atom stereocenters. The van der Waals surface area contributed by atoms with E-state index >= 15 is 0 Å². The molecule has 1 N–H and O–H groups in total. The van der Waals surface area contributed by atoms with Crippen molar-refractivity contribution in [1.29, 1.82) is 0 Å². The van der Waals surface area contributed by atoms with Crippen LogP contribution in [0.15, 0.2) is 48.5 Å². The van der Waals surface area contributed by atoms with E-state index in [1.807, 2.05) is 56.4 Å². The van der Waals surface area contributed by atoms with Crippen molar-refractivity contribution in [2.75, 3.05) is 7.11 Å². The van der Waals surface area contributed by atoms with Gasteiger partial charge in [0.05, 0.1) is 18.6 Å². The van der Waals surface area contributed by atoms with Crippen LogP contribution in [-0.4, -0.2) is 12.2 Å². The molecule has 0 amide bonds. The molecule has 1 aromatic heterocycles. The van der Waals surface area contributed by atoms with Crippen LogP contribution in [-0.2, 0) is 7.05 Å². The summed E-state index contributed by atoms with van der Waals surface area (Å²) in [5, 5.41) is 11.2. The third kappa shape index (κ3) is 2.31. The number of rotatable bonds is 2. The Kier molecular flexibility index (Phi) is 3.26. The Bertz CT molecular complexity index is 808. The van der Waals surface area contributed by atoms with E-state index in [0.717, 1.165) is 33.5 Å². The van der Waals surface area contributed by atoms with Crippen LogP contribution in [0.1, 0.15) is 5.56 Å². The van der Waals surface area contributed by atoms with Gasteiger partial charge in [-0.3, -0.25) is 0 Å². The quantitative estimate of drug-likeness (QED) is 0.730. The number of ether oxygens (including phenoxy) is 1. The first-order valence-corrected chi connectivity index (χ1v) is 6.87. The van der Waals surface area contributed by atoms with Crippen LogP contribution in [0.5, 0.6) is 11.5 Å². The first kappa shape index (κ1) is 13.4. The van der Waals surface area contributed by atoms with Gasteiger partial charge in [-0.2, -0.15) is 4.57 Å². The highest BCUT2D eigenvalue weighted by Gasteiger charge is 2.17. The molecule has 0 bridgehead atoms. The van der Waals surface area contributed by atoms with Gasteiger partial charge in [0.25, 0.3) is 0 Å². The molecule has 0 radical (unpaired) electrons. The summed E-state index contributed by atoms with van der Waals surface area (Å²) in [6.45, 7) is 2.02. The Labute approximate surface area is 124 Å². The second kappa shape index (κ2) is 5.09. The second-order valence-corrected chi connectivity index (χ2v) is 5.22. The van der Waals surface area contributed by atoms with Crippen molar-refractivity contribution in [3.8, 4) is 22.8 Å². The smallest absolute Gasteiger partial charge is 0.216 e. The lowest BCUT2D eigenvalue weighted by molar-refractivity contribution is -0.633. The van der Waals surface area contributed by atoms with Crippen LogP contribution in [0.4, 0.5) is 0 Å². The Morgan fingerprint density at radius 1 is 1.00 bits per heavy atom. The molecule has 0 aliphatic heterocycles. The van der Waals surface area contributed by atoms with Gasteiger partial charge >= 0.3 is 0 Å². The maximum atomic E-state index is 10.3. The number of methoxy groups -OCH3 is 1. The van der Waals surface area contributed by atoms with Gasteiger partial charge in [-0.1, -0.05) is 6.07 Å². The van der Waals surface area contributed by atoms with Crippen molar-refractivity contribution in [3.05, 3.63) is 54.1 Å². The first-order chi connectivity index (χ1) is 10.1. The molecule has 0 aliphatic carbocycles. The predicted molar refractivity (Wildman–Crippen MR) is 83.5 cm³/mol. The molecule has 3 nitrogen and oxygen atoms in total. The van der Waals surface area contributed by atoms with Gasteiger partial charge in [-0.05, 0) is 42.8 Å². The third-order valence-electron chi connectivity index (χ3n) is 3.81. The number of benzene rings is 2. The monoisotopic (exact) mass is 280 g/mol. The van der Waals surface area contributed by atoms with Crippen LogP contribution in [0.2, 0.25) is 0 Å². The summed E-state index contributed by atoms with van der Waals surface area (Å²) in [6.07, 6.45) is 0. The lowest BCUT2D eigenvalue weighted by atomic mass is 10.1. The van der Waals surface area contributed by atoms with Gasteiger partial charge in [0.2, 0.25) is 11.2 Å². The molecule has 0 aliphatic rings. The van der Waals surface area contributed by atoms with E-state index in [2.05, 4.69) is 10.6 Å². The Morgan fingerprint density at radius 2 is 1.71 bits per heavy atom. The molecule has 3 aromatic rings. The molecule has 3 rings (SSSR count). The standard InChI is InChI=1S/C18H17NO2/c1-12-4-9-16-15(10-12)18(20)11-17(19(16)2)13-5-7-14(21-3)8-6-13/h4-11H,1-3H3/p+1. The van der Waals surface area contributed by atoms with Crippen LogP contribution in [0, 0.1) is 6.92 Å². The Balaban J connectivity index is 2.23. The summed E-state index contributed by atoms with van der Waals surface area (Å²) in [5.41, 5.74) is 4.14. The molecule has 0 atom stereocenters. The molecule has 0 saturated heterocycles. The van der Waals surface area contributed by atoms with E-state index in [0.29, 0.717) is 5.75 Å². The number of aromatic hydroxyl groups is 1. The second-order valence-electron chi connectivity index (χ2n) is 5.22. The molecule has 21 heavy (non-hydrogen) atoms. The van der Waals surface area contributed by atoms with E-state index < -0.39 is 0 Å². The fraction of sp³-hybridized carbons (Fsp3) is 0.167. The van der Waals surface area contributed by atoms with E-state index in [4.69, 9.17) is 4.74 Å². The lowest BCUT2D eigenvalue weighted by Gasteiger charge is -2.07. The molecule has 0 saturated carbocycles. The van der Waals surface area contributed by atoms with Gasteiger partial charge < -0.3 is 9.84 Å². The Morgan fingerprint density at radius 3 is 2.38 bits per heavy atom. The van der Waals surface area contributed by atoms with Crippen molar-refractivity contribution in [2.24, 2.45) is 7.05 Å². The number of pyridine rings is 1. The molecule has 106 valence electrons. The first-order valence-electron chi connectivity index (χ1n) is 6.87. The number of aromatic nitrogens is 1. The maximum Gasteiger partial charge on any atom is 0.216 e. The SMILES string of the molecule is COc1ccc(-c2cc(O)c3cc(C)ccc3[n+]2C)cc1. The highest BCUT2D eigenvalue weighted by atomic mass is 16.5. The zero-order chi connectivity index (χ0) is 15.0. The van der Waals surface area contributed by atoms with Crippen molar-refractivity contribution in [3.63, 3.8) is 0 Å². The van der Waals surface area contributed by atoms with Gasteiger partial charge in [-0.25, -0.2) is 0 Å². The summed E-state index contributed by atoms with van der Waals surface area (Å²) < 4.78 is 7.28. The number of nitrogens with zero attached hydrogens (tertiary/aromatic N) is 1. The van der Waals surface area contributed by atoms with Crippen LogP contribution < -0.4 is 9.30 Å². The average molecular weight is 280 g/mol. The summed E-state index contributed by atoms with van der Waals surface area (Å²) in [6, 6.07) is 15.7. The highest BCUT2D eigenvalue weighted by Crippen LogP contribution is 2.28. The molecule has 2 aromatic carbocycles. The molecule has 0 fully saturated rings. The average Bonchev–Trinajstić information content (AvgIpc) is 2.51. The summed E-state index contributed by atoms with van der Waals surface area (Å²) in [5.74, 6) is 1.12. The topological polar surface area (TPSA) is 33.3 Å². The van der Waals surface area contributed by atoms with Gasteiger partial charge in [0.1, 0.15) is 18.5 Å². The van der Waals surface area contributed by atoms with E-state index in [9.17, 15) is 5.11 Å². The number of hydrogen-bond donors (Lipinski definition) is 1. The minimum Gasteiger partial charge on any atom is -0.507 e. The zero-order valence-corrected chi connectivity index (χ0v) is 12.4. The molecule has 0 spiro atoms. The van der Waals surface area contributed by atoms with E-state index in [1.54, 1.807) is 7.11 Å². The van der Waals surface area contributed by atoms with Crippen molar-refractivity contribution < 1.29 is 14.4 Å². The van der Waals surface area contributed by atoms with Gasteiger partial charge in [0.15, 0.2) is 0 Å². The van der Waals surface area contributed by atoms with E-state index in [-0.39, 0.29) is 0 Å². The molecule has 1 heterocycles. The summed E-state index contributed by atoms with van der Waals surface area (Å²) >= 11 is 0. The van der Waals surface area contributed by atoms with Crippen molar-refractivity contribution in [2.45, 2.75) is 6.92 Å². The number of aryl methyl sites for hydroxylation is 2. The molecular weight excluding hydrogens is 262 g/mol. The minimum atomic E-state index is 0.303. The minimum absolute atomic E-state index is 0.303. The highest BCUT2D eigenvalue weighted by molar-refractivity contribution is 5.84. The van der Waals surface area contributed by atoms with Crippen LogP contribution >= 0.6 is 0 Å². The summed E-state index contributed by atoms with van der Waals surface area (Å²) in [4.78, 5) is 0. The molecular formula is C18H18NO2+. The summed E-state index contributed by atoms with van der Waals surface area (Å²) in [7, 11) is 3.66. The fourth-order valence-corrected chi connectivity index (χ4v) is 2.62. The number of fused-ring (bicyclic) bond motifs is 1. The third-order valence-corrected chi connectivity index (χ3v) is 3.81. The maximum absolute atomic E-state index is 10.3. The molecule has 3 heteroatoms. The van der Waals surface area contributed by atoms with Crippen molar-refractivity contribution >= 4 is 10.9 Å². The largest absolute Gasteiger partial charge is 0.507 e. The van der Waals surface area contributed by atoms with Crippen LogP contribution in [0.3, 0.4) is 0 Å². The number of hydrogen-bond acceptors (Lipinski definition) is 2. The Hall–Kier alpha value is -2.55. The van der Waals surface area contributed by atoms with Gasteiger partial charge in [-0.15, -0.1) is 0 Å². The lowest BCUT2D eigenvalue weighted by Crippen LogP contribution is -2.32. The zero-order valence-electron chi connectivity index (χ0n) is 12.4. The normalized spacial score (nSPS) is 10.8. The van der Waals surface area contributed by atoms with Crippen molar-refractivity contribution in [1.82, 2.24) is 0 Å². The van der Waals surface area contributed by atoms with Crippen LogP contribution in [0.25, 0.3) is 22.2 Å². The fourth-order valence-electron chi connectivity index (χ4n) is 2.62. The van der Waals surface area contributed by atoms with E-state index in [1.165, 1.54) is 0 Å². The predicted octanol–water partition coefficient (Wildman–Crippen LogP) is 3.35. The van der Waals surface area contributed by atoms with Gasteiger partial charge in [0, 0.05) is 11.6 Å².